The quantitative estimate of drug-likeness (QED) is 0.867. The number of carbonyl (C=O) groups excluding carboxylic acids is 2. The van der Waals surface area contributed by atoms with E-state index in [1.165, 1.54) is 0 Å². The van der Waals surface area contributed by atoms with Crippen LogP contribution in [-0.2, 0) is 0 Å². The van der Waals surface area contributed by atoms with Gasteiger partial charge >= 0.3 is 6.03 Å². The van der Waals surface area contributed by atoms with E-state index in [2.05, 4.69) is 4.98 Å². The molecule has 7 heteroatoms. The highest BCUT2D eigenvalue weighted by Crippen LogP contribution is 2.45. The van der Waals surface area contributed by atoms with E-state index in [-0.39, 0.29) is 29.8 Å². The monoisotopic (exact) mass is 396 g/mol. The van der Waals surface area contributed by atoms with Crippen LogP contribution in [0.1, 0.15) is 27.7 Å². The molecule has 2 aliphatic heterocycles. The highest BCUT2D eigenvalue weighted by atomic mass is 16.5. The van der Waals surface area contributed by atoms with Gasteiger partial charge in [0.15, 0.2) is 0 Å². The van der Waals surface area contributed by atoms with Crippen molar-refractivity contribution in [2.75, 3.05) is 40.8 Å². The summed E-state index contributed by atoms with van der Waals surface area (Å²) in [7, 11) is 5.21. The maximum absolute atomic E-state index is 13.0. The predicted octanol–water partition coefficient (Wildman–Crippen LogP) is 2.76. The van der Waals surface area contributed by atoms with Crippen molar-refractivity contribution in [1.82, 2.24) is 19.7 Å². The van der Waals surface area contributed by atoms with Crippen LogP contribution >= 0.6 is 0 Å². The number of fused-ring (bicyclic) bond motifs is 1. The number of H-pyrrole nitrogens is 1. The van der Waals surface area contributed by atoms with Crippen LogP contribution in [0.3, 0.4) is 0 Å². The standard InChI is InChI=1S/C22H28N4O3/c1-14-18(9-10-23-14)21(27)25-11-16-12-26(22(28)24(2)3)20(19(16)13-25)15-5-7-17(29-4)8-6-15/h5-10,16,19-20,23H,11-13H2,1-4H3/t16-,19-,20+/m1/s1. The number of aromatic nitrogens is 1. The maximum atomic E-state index is 13.0. The van der Waals surface area contributed by atoms with Crippen molar-refractivity contribution in [2.24, 2.45) is 11.8 Å². The van der Waals surface area contributed by atoms with Crippen LogP contribution in [0.4, 0.5) is 4.79 Å². The average molecular weight is 396 g/mol. The number of amides is 3. The van der Waals surface area contributed by atoms with Crippen LogP contribution < -0.4 is 4.74 Å². The molecule has 0 saturated carbocycles. The molecule has 0 aliphatic carbocycles. The van der Waals surface area contributed by atoms with Gasteiger partial charge in [-0.3, -0.25) is 4.79 Å². The molecule has 1 aromatic carbocycles. The van der Waals surface area contributed by atoms with Crippen LogP contribution in [0.25, 0.3) is 0 Å². The molecule has 154 valence electrons. The van der Waals surface area contributed by atoms with Gasteiger partial charge in [-0.2, -0.15) is 0 Å². The lowest BCUT2D eigenvalue weighted by molar-refractivity contribution is 0.0766. The molecule has 3 amide bonds. The van der Waals surface area contributed by atoms with Gasteiger partial charge in [-0.15, -0.1) is 0 Å². The Kier molecular flexibility index (Phi) is 4.98. The first kappa shape index (κ1) is 19.4. The smallest absolute Gasteiger partial charge is 0.320 e. The van der Waals surface area contributed by atoms with Crippen molar-refractivity contribution in [3.63, 3.8) is 0 Å². The van der Waals surface area contributed by atoms with Crippen molar-refractivity contribution in [1.29, 1.82) is 0 Å². The molecule has 0 radical (unpaired) electrons. The molecule has 1 N–H and O–H groups in total. The van der Waals surface area contributed by atoms with Gasteiger partial charge in [-0.1, -0.05) is 12.1 Å². The molecule has 0 unspecified atom stereocenters. The van der Waals surface area contributed by atoms with Gasteiger partial charge in [-0.05, 0) is 30.7 Å². The Balaban J connectivity index is 1.61. The number of rotatable bonds is 3. The third-order valence-electron chi connectivity index (χ3n) is 6.22. The van der Waals surface area contributed by atoms with Gasteiger partial charge in [0.2, 0.25) is 0 Å². The summed E-state index contributed by atoms with van der Waals surface area (Å²) in [5, 5.41) is 0. The lowest BCUT2D eigenvalue weighted by Crippen LogP contribution is -2.42. The molecular weight excluding hydrogens is 368 g/mol. The minimum absolute atomic E-state index is 0.0135. The first-order chi connectivity index (χ1) is 13.9. The SMILES string of the molecule is COc1ccc([C@H]2[C@@H]3CN(C(=O)c4cc[nH]c4C)C[C@@H]3CN2C(=O)N(C)C)cc1. The van der Waals surface area contributed by atoms with E-state index >= 15 is 0 Å². The zero-order valence-electron chi connectivity index (χ0n) is 17.4. The summed E-state index contributed by atoms with van der Waals surface area (Å²) in [6.07, 6.45) is 1.80. The van der Waals surface area contributed by atoms with Crippen LogP contribution in [0.2, 0.25) is 0 Å². The molecule has 2 aromatic rings. The Morgan fingerprint density at radius 3 is 2.41 bits per heavy atom. The first-order valence-corrected chi connectivity index (χ1v) is 9.95. The lowest BCUT2D eigenvalue weighted by atomic mass is 9.89. The number of aryl methyl sites for hydroxylation is 1. The van der Waals surface area contributed by atoms with Gasteiger partial charge in [0.25, 0.3) is 5.91 Å². The molecule has 4 rings (SSSR count). The minimum Gasteiger partial charge on any atom is -0.497 e. The van der Waals surface area contributed by atoms with Crippen molar-refractivity contribution >= 4 is 11.9 Å². The second-order valence-electron chi connectivity index (χ2n) is 8.20. The summed E-state index contributed by atoms with van der Waals surface area (Å²) in [4.78, 5) is 34.5. The molecule has 2 aliphatic rings. The second-order valence-corrected chi connectivity index (χ2v) is 8.20. The highest BCUT2D eigenvalue weighted by molar-refractivity contribution is 5.95. The van der Waals surface area contributed by atoms with Crippen LogP contribution in [0.5, 0.6) is 5.75 Å². The Bertz CT molecular complexity index is 905. The molecule has 7 nitrogen and oxygen atoms in total. The fraction of sp³-hybridized carbons (Fsp3) is 0.455. The molecule has 0 spiro atoms. The number of nitrogens with zero attached hydrogens (tertiary/aromatic N) is 3. The van der Waals surface area contributed by atoms with Gasteiger partial charge < -0.3 is 24.4 Å². The van der Waals surface area contributed by atoms with Crippen molar-refractivity contribution < 1.29 is 14.3 Å². The number of urea groups is 1. The van der Waals surface area contributed by atoms with Gasteiger partial charge in [0, 0.05) is 57.5 Å². The fourth-order valence-electron chi connectivity index (χ4n) is 4.75. The summed E-state index contributed by atoms with van der Waals surface area (Å²) < 4.78 is 5.29. The van der Waals surface area contributed by atoms with E-state index in [0.717, 1.165) is 22.6 Å². The number of aromatic amines is 1. The Labute approximate surface area is 171 Å². The molecule has 2 fully saturated rings. The number of methoxy groups -OCH3 is 1. The van der Waals surface area contributed by atoms with Crippen molar-refractivity contribution in [2.45, 2.75) is 13.0 Å². The van der Waals surface area contributed by atoms with E-state index in [4.69, 9.17) is 4.74 Å². The van der Waals surface area contributed by atoms with Gasteiger partial charge in [0.1, 0.15) is 5.75 Å². The fourth-order valence-corrected chi connectivity index (χ4v) is 4.75. The van der Waals surface area contributed by atoms with Crippen LogP contribution in [0, 0.1) is 18.8 Å². The summed E-state index contributed by atoms with van der Waals surface area (Å²) in [5.41, 5.74) is 2.70. The predicted molar refractivity (Wildman–Crippen MR) is 110 cm³/mol. The van der Waals surface area contributed by atoms with E-state index in [1.807, 2.05) is 47.1 Å². The third-order valence-corrected chi connectivity index (χ3v) is 6.22. The normalized spacial score (nSPS) is 23.2. The number of nitrogens with one attached hydrogen (secondary N) is 1. The van der Waals surface area contributed by atoms with E-state index < -0.39 is 0 Å². The maximum Gasteiger partial charge on any atom is 0.320 e. The molecule has 1 aromatic heterocycles. The first-order valence-electron chi connectivity index (χ1n) is 9.95. The summed E-state index contributed by atoms with van der Waals surface area (Å²) in [6, 6.07) is 9.73. The van der Waals surface area contributed by atoms with E-state index in [9.17, 15) is 9.59 Å². The molecule has 0 bridgehead atoms. The summed E-state index contributed by atoms with van der Waals surface area (Å²) in [6.45, 7) is 3.91. The van der Waals surface area contributed by atoms with Gasteiger partial charge in [0.05, 0.1) is 18.7 Å². The van der Waals surface area contributed by atoms with Crippen LogP contribution in [0.15, 0.2) is 36.5 Å². The third kappa shape index (κ3) is 3.34. The zero-order valence-corrected chi connectivity index (χ0v) is 17.4. The topological polar surface area (TPSA) is 68.9 Å². The Hall–Kier alpha value is -2.96. The average Bonchev–Trinajstić information content (AvgIpc) is 3.40. The number of hydrogen-bond acceptors (Lipinski definition) is 3. The van der Waals surface area contributed by atoms with Gasteiger partial charge in [-0.25, -0.2) is 4.79 Å². The molecule has 3 atom stereocenters. The molecule has 2 saturated heterocycles. The molecular formula is C22H28N4O3. The minimum atomic E-state index is -0.0501. The van der Waals surface area contributed by atoms with Crippen LogP contribution in [-0.4, -0.2) is 72.5 Å². The number of carbonyl (C=O) groups is 2. The summed E-state index contributed by atoms with van der Waals surface area (Å²) >= 11 is 0. The van der Waals surface area contributed by atoms with E-state index in [0.29, 0.717) is 19.6 Å². The van der Waals surface area contributed by atoms with Crippen molar-refractivity contribution in [3.05, 3.63) is 53.3 Å². The Morgan fingerprint density at radius 1 is 1.10 bits per heavy atom. The zero-order chi connectivity index (χ0) is 20.7. The number of benzene rings is 1. The second kappa shape index (κ2) is 7.46. The lowest BCUT2D eigenvalue weighted by Gasteiger charge is -2.32. The number of ether oxygens (including phenoxy) is 1. The van der Waals surface area contributed by atoms with E-state index in [1.54, 1.807) is 32.3 Å². The van der Waals surface area contributed by atoms with Crippen molar-refractivity contribution in [3.8, 4) is 5.75 Å². The molecule has 3 heterocycles. The Morgan fingerprint density at radius 2 is 1.83 bits per heavy atom. The summed E-state index contributed by atoms with van der Waals surface area (Å²) in [5.74, 6) is 1.35. The number of likely N-dealkylation sites (tertiary alicyclic amines) is 2. The number of hydrogen-bond donors (Lipinski definition) is 1. The highest BCUT2D eigenvalue weighted by Gasteiger charge is 2.50. The molecule has 29 heavy (non-hydrogen) atoms. The largest absolute Gasteiger partial charge is 0.497 e.